The molecule has 0 saturated heterocycles. The Morgan fingerprint density at radius 1 is 1.04 bits per heavy atom. The Morgan fingerprint density at radius 3 is 2.30 bits per heavy atom. The molecule has 0 saturated carbocycles. The highest BCUT2D eigenvalue weighted by molar-refractivity contribution is 5.76. The smallest absolute Gasteiger partial charge is 0.329 e. The molecule has 5 heteroatoms. The summed E-state index contributed by atoms with van der Waals surface area (Å²) < 4.78 is 3.31. The monoisotopic (exact) mass is 311 g/mol. The van der Waals surface area contributed by atoms with Crippen molar-refractivity contribution in [3.8, 4) is 0 Å². The van der Waals surface area contributed by atoms with Crippen LogP contribution in [0.15, 0.2) is 59.4 Å². The van der Waals surface area contributed by atoms with Crippen LogP contribution >= 0.6 is 0 Å². The molecule has 2 N–H and O–H groups in total. The number of fused-ring (bicyclic) bond motifs is 1. The first-order valence-electron chi connectivity index (χ1n) is 7.68. The topological polar surface area (TPSA) is 59.2 Å². The zero-order valence-corrected chi connectivity index (χ0v) is 13.3. The van der Waals surface area contributed by atoms with Gasteiger partial charge in [-0.2, -0.15) is 0 Å². The van der Waals surface area contributed by atoms with Crippen LogP contribution in [0.25, 0.3) is 11.0 Å². The largest absolute Gasteiger partial charge is 0.389 e. The van der Waals surface area contributed by atoms with E-state index in [-0.39, 0.29) is 5.69 Å². The van der Waals surface area contributed by atoms with Crippen molar-refractivity contribution in [1.82, 2.24) is 14.5 Å². The van der Waals surface area contributed by atoms with E-state index in [4.69, 9.17) is 0 Å². The first-order chi connectivity index (χ1) is 11.1. The van der Waals surface area contributed by atoms with Gasteiger partial charge in [-0.1, -0.05) is 42.5 Å². The summed E-state index contributed by atoms with van der Waals surface area (Å²) in [6, 6.07) is 16.9. The van der Waals surface area contributed by atoms with E-state index in [9.17, 15) is 9.90 Å². The van der Waals surface area contributed by atoms with Gasteiger partial charge in [-0.15, -0.1) is 0 Å². The van der Waals surface area contributed by atoms with E-state index in [1.807, 2.05) is 54.6 Å². The maximum Gasteiger partial charge on any atom is 0.329 e. The van der Waals surface area contributed by atoms with Gasteiger partial charge in [0.2, 0.25) is 0 Å². The minimum Gasteiger partial charge on any atom is -0.389 e. The summed E-state index contributed by atoms with van der Waals surface area (Å²) in [6.07, 6.45) is -0.717. The minimum absolute atomic E-state index is 0.129. The number of rotatable bonds is 5. The molecule has 0 amide bonds. The van der Waals surface area contributed by atoms with Crippen molar-refractivity contribution < 1.29 is 5.11 Å². The van der Waals surface area contributed by atoms with Gasteiger partial charge in [0.15, 0.2) is 0 Å². The maximum atomic E-state index is 12.8. The first-order valence-corrected chi connectivity index (χ1v) is 7.68. The number of aromatic nitrogens is 2. The maximum absolute atomic E-state index is 12.8. The number of benzene rings is 2. The van der Waals surface area contributed by atoms with Gasteiger partial charge in [-0.05, 0) is 24.7 Å². The molecular weight excluding hydrogens is 290 g/mol. The minimum atomic E-state index is -0.717. The number of nitrogens with zero attached hydrogens (tertiary/aromatic N) is 2. The third-order valence-electron chi connectivity index (χ3n) is 4.19. The van der Waals surface area contributed by atoms with Crippen LogP contribution in [0.1, 0.15) is 11.6 Å². The van der Waals surface area contributed by atoms with E-state index in [1.54, 1.807) is 23.2 Å². The van der Waals surface area contributed by atoms with Gasteiger partial charge < -0.3 is 10.4 Å². The summed E-state index contributed by atoms with van der Waals surface area (Å²) >= 11 is 0. The zero-order valence-electron chi connectivity index (χ0n) is 13.3. The molecule has 2 atom stereocenters. The molecule has 3 aromatic rings. The van der Waals surface area contributed by atoms with Gasteiger partial charge in [-0.3, -0.25) is 9.13 Å². The van der Waals surface area contributed by atoms with Crippen LogP contribution < -0.4 is 11.0 Å². The number of aryl methyl sites for hydroxylation is 1. The Bertz CT molecular complexity index is 852. The van der Waals surface area contributed by atoms with Crippen LogP contribution in [0, 0.1) is 0 Å². The summed E-state index contributed by atoms with van der Waals surface area (Å²) in [6.45, 7) is 0.398. The Morgan fingerprint density at radius 2 is 1.65 bits per heavy atom. The summed E-state index contributed by atoms with van der Waals surface area (Å²) in [4.78, 5) is 12.8. The second kappa shape index (κ2) is 6.40. The van der Waals surface area contributed by atoms with Crippen LogP contribution in [0.4, 0.5) is 0 Å². The molecule has 0 aliphatic carbocycles. The Balaban J connectivity index is 2.26. The van der Waals surface area contributed by atoms with Crippen LogP contribution in [0.2, 0.25) is 0 Å². The van der Waals surface area contributed by atoms with E-state index < -0.39 is 12.1 Å². The van der Waals surface area contributed by atoms with Crippen molar-refractivity contribution in [3.05, 3.63) is 70.6 Å². The molecule has 0 aliphatic rings. The number of nitrogens with one attached hydrogen (secondary N) is 1. The molecule has 23 heavy (non-hydrogen) atoms. The van der Waals surface area contributed by atoms with Crippen LogP contribution in [-0.2, 0) is 7.05 Å². The summed E-state index contributed by atoms with van der Waals surface area (Å²) in [5.41, 5.74) is 2.46. The van der Waals surface area contributed by atoms with Crippen molar-refractivity contribution in [3.63, 3.8) is 0 Å². The van der Waals surface area contributed by atoms with E-state index in [1.165, 1.54) is 0 Å². The zero-order chi connectivity index (χ0) is 16.4. The van der Waals surface area contributed by atoms with Crippen molar-refractivity contribution in [2.75, 3.05) is 13.6 Å². The number of imidazole rings is 1. The average molecular weight is 311 g/mol. The van der Waals surface area contributed by atoms with Crippen LogP contribution in [-0.4, -0.2) is 33.9 Å². The number of hydrogen-bond acceptors (Lipinski definition) is 3. The summed E-state index contributed by atoms with van der Waals surface area (Å²) in [5, 5.41) is 13.7. The van der Waals surface area contributed by atoms with Crippen LogP contribution in [0.3, 0.4) is 0 Å². The van der Waals surface area contributed by atoms with Crippen molar-refractivity contribution >= 4 is 11.0 Å². The average Bonchev–Trinajstić information content (AvgIpc) is 2.82. The number of hydrogen-bond donors (Lipinski definition) is 2. The van der Waals surface area contributed by atoms with E-state index >= 15 is 0 Å². The van der Waals surface area contributed by atoms with Gasteiger partial charge in [0.1, 0.15) is 0 Å². The SMILES string of the molecule is CNCC(O)C(c1ccccc1)n1c(=O)n(C)c2ccccc21. The molecule has 3 rings (SSSR count). The third kappa shape index (κ3) is 2.69. The number of aliphatic hydroxyl groups excluding tert-OH is 1. The Kier molecular flexibility index (Phi) is 4.32. The predicted octanol–water partition coefficient (Wildman–Crippen LogP) is 1.51. The van der Waals surface area contributed by atoms with Gasteiger partial charge in [-0.25, -0.2) is 4.79 Å². The second-order valence-corrected chi connectivity index (χ2v) is 5.68. The highest BCUT2D eigenvalue weighted by Crippen LogP contribution is 2.25. The molecule has 0 radical (unpaired) electrons. The number of likely N-dealkylation sites (N-methyl/N-ethyl adjacent to an activating group) is 1. The van der Waals surface area contributed by atoms with Gasteiger partial charge >= 0.3 is 5.69 Å². The Labute approximate surface area is 134 Å². The van der Waals surface area contributed by atoms with Crippen LogP contribution in [0.5, 0.6) is 0 Å². The van der Waals surface area contributed by atoms with Crippen molar-refractivity contribution in [2.24, 2.45) is 7.05 Å². The fourth-order valence-corrected chi connectivity index (χ4v) is 3.10. The van der Waals surface area contributed by atoms with Crippen molar-refractivity contribution in [2.45, 2.75) is 12.1 Å². The molecule has 1 heterocycles. The standard InChI is InChI=1S/C18H21N3O2/c1-19-12-16(22)17(13-8-4-3-5-9-13)21-15-11-7-6-10-14(15)20(2)18(21)23/h3-11,16-17,19,22H,12H2,1-2H3. The normalized spacial score (nSPS) is 14.0. The molecule has 120 valence electrons. The molecule has 5 nitrogen and oxygen atoms in total. The fraction of sp³-hybridized carbons (Fsp3) is 0.278. The molecule has 2 unspecified atom stereocenters. The lowest BCUT2D eigenvalue weighted by atomic mass is 10.0. The lowest BCUT2D eigenvalue weighted by molar-refractivity contribution is 0.130. The molecule has 0 bridgehead atoms. The first kappa shape index (κ1) is 15.5. The van der Waals surface area contributed by atoms with E-state index in [0.29, 0.717) is 6.54 Å². The van der Waals surface area contributed by atoms with Gasteiger partial charge in [0.05, 0.1) is 23.2 Å². The number of para-hydroxylation sites is 2. The lowest BCUT2D eigenvalue weighted by Gasteiger charge is -2.24. The highest BCUT2D eigenvalue weighted by atomic mass is 16.3. The summed E-state index contributed by atoms with van der Waals surface area (Å²) in [5.74, 6) is 0. The van der Waals surface area contributed by atoms with Gasteiger partial charge in [0.25, 0.3) is 0 Å². The second-order valence-electron chi connectivity index (χ2n) is 5.68. The molecule has 0 aliphatic heterocycles. The molecule has 0 spiro atoms. The highest BCUT2D eigenvalue weighted by Gasteiger charge is 2.26. The van der Waals surface area contributed by atoms with Crippen molar-refractivity contribution in [1.29, 1.82) is 0 Å². The number of aliphatic hydroxyl groups is 1. The predicted molar refractivity (Wildman–Crippen MR) is 91.7 cm³/mol. The quantitative estimate of drug-likeness (QED) is 0.751. The summed E-state index contributed by atoms with van der Waals surface area (Å²) in [7, 11) is 3.55. The lowest BCUT2D eigenvalue weighted by Crippen LogP contribution is -2.38. The molecule has 1 aromatic heterocycles. The third-order valence-corrected chi connectivity index (χ3v) is 4.19. The molecule has 2 aromatic carbocycles. The van der Waals surface area contributed by atoms with E-state index in [2.05, 4.69) is 5.32 Å². The van der Waals surface area contributed by atoms with E-state index in [0.717, 1.165) is 16.6 Å². The fourth-order valence-electron chi connectivity index (χ4n) is 3.10. The molecular formula is C18H21N3O2. The molecule has 0 fully saturated rings. The van der Waals surface area contributed by atoms with Gasteiger partial charge in [0, 0.05) is 13.6 Å². The Hall–Kier alpha value is -2.37.